The zero-order chi connectivity index (χ0) is 12.0. The summed E-state index contributed by atoms with van der Waals surface area (Å²) in [6.45, 7) is 2.95. The fourth-order valence-corrected chi connectivity index (χ4v) is 1.33. The molecule has 3 nitrogen and oxygen atoms in total. The van der Waals surface area contributed by atoms with Crippen LogP contribution < -0.4 is 10.6 Å². The number of hydrogen-bond acceptors (Lipinski definition) is 2. The van der Waals surface area contributed by atoms with Crippen LogP contribution in [0.15, 0.2) is 18.2 Å². The fourth-order valence-electron chi connectivity index (χ4n) is 1.21. The normalized spacial score (nSPS) is 9.94. The van der Waals surface area contributed by atoms with Gasteiger partial charge in [0.05, 0.1) is 5.02 Å². The van der Waals surface area contributed by atoms with Gasteiger partial charge in [-0.1, -0.05) is 11.6 Å². The minimum absolute atomic E-state index is 0.0237. The van der Waals surface area contributed by atoms with E-state index in [1.807, 2.05) is 6.92 Å². The average molecular weight is 245 g/mol. The van der Waals surface area contributed by atoms with Crippen LogP contribution in [-0.2, 0) is 4.79 Å². The summed E-state index contributed by atoms with van der Waals surface area (Å²) in [7, 11) is 0. The van der Waals surface area contributed by atoms with Crippen LogP contribution >= 0.6 is 11.6 Å². The molecule has 0 aromatic heterocycles. The monoisotopic (exact) mass is 244 g/mol. The van der Waals surface area contributed by atoms with E-state index in [1.165, 1.54) is 12.1 Å². The SMILES string of the molecule is CCNC(=O)CCNc1ccc(Cl)c(F)c1. The molecule has 0 saturated carbocycles. The zero-order valence-electron chi connectivity index (χ0n) is 9.02. The van der Waals surface area contributed by atoms with E-state index in [0.29, 0.717) is 25.2 Å². The van der Waals surface area contributed by atoms with Gasteiger partial charge < -0.3 is 10.6 Å². The largest absolute Gasteiger partial charge is 0.384 e. The number of nitrogens with one attached hydrogen (secondary N) is 2. The van der Waals surface area contributed by atoms with Crippen LogP contribution in [0, 0.1) is 5.82 Å². The lowest BCUT2D eigenvalue weighted by molar-refractivity contribution is -0.120. The number of amides is 1. The molecule has 0 aliphatic heterocycles. The highest BCUT2D eigenvalue weighted by Crippen LogP contribution is 2.18. The molecule has 0 bridgehead atoms. The number of benzene rings is 1. The van der Waals surface area contributed by atoms with Gasteiger partial charge in [-0.3, -0.25) is 4.79 Å². The van der Waals surface area contributed by atoms with Gasteiger partial charge in [0.1, 0.15) is 5.82 Å². The summed E-state index contributed by atoms with van der Waals surface area (Å²) >= 11 is 5.54. The van der Waals surface area contributed by atoms with Gasteiger partial charge in [0.15, 0.2) is 0 Å². The van der Waals surface area contributed by atoms with E-state index < -0.39 is 5.82 Å². The number of anilines is 1. The Kier molecular flexibility index (Phi) is 5.05. The van der Waals surface area contributed by atoms with Crippen LogP contribution in [0.4, 0.5) is 10.1 Å². The topological polar surface area (TPSA) is 41.1 Å². The van der Waals surface area contributed by atoms with Crippen molar-refractivity contribution < 1.29 is 9.18 Å². The quantitative estimate of drug-likeness (QED) is 0.835. The number of carbonyl (C=O) groups excluding carboxylic acids is 1. The van der Waals surface area contributed by atoms with Crippen LogP contribution in [-0.4, -0.2) is 19.0 Å². The lowest BCUT2D eigenvalue weighted by Crippen LogP contribution is -2.24. The molecule has 2 N–H and O–H groups in total. The Bertz CT molecular complexity index is 371. The highest BCUT2D eigenvalue weighted by atomic mass is 35.5. The molecule has 1 aromatic carbocycles. The lowest BCUT2D eigenvalue weighted by Gasteiger charge is -2.06. The molecule has 16 heavy (non-hydrogen) atoms. The van der Waals surface area contributed by atoms with Gasteiger partial charge in [0.2, 0.25) is 5.91 Å². The summed E-state index contributed by atoms with van der Waals surface area (Å²) in [6, 6.07) is 4.45. The molecule has 5 heteroatoms. The molecule has 0 atom stereocenters. The minimum Gasteiger partial charge on any atom is -0.384 e. The van der Waals surface area contributed by atoms with E-state index >= 15 is 0 Å². The van der Waals surface area contributed by atoms with E-state index in [1.54, 1.807) is 6.07 Å². The van der Waals surface area contributed by atoms with E-state index in [2.05, 4.69) is 10.6 Å². The first-order valence-electron chi connectivity index (χ1n) is 5.09. The average Bonchev–Trinajstić information content (AvgIpc) is 2.24. The van der Waals surface area contributed by atoms with Gasteiger partial charge in [-0.05, 0) is 25.1 Å². The second kappa shape index (κ2) is 6.33. The standard InChI is InChI=1S/C11H14ClFN2O/c1-2-14-11(16)5-6-15-8-3-4-9(12)10(13)7-8/h3-4,7,15H,2,5-6H2,1H3,(H,14,16). The van der Waals surface area contributed by atoms with Gasteiger partial charge in [0.25, 0.3) is 0 Å². The van der Waals surface area contributed by atoms with Crippen molar-refractivity contribution in [3.63, 3.8) is 0 Å². The lowest BCUT2D eigenvalue weighted by atomic mass is 10.3. The van der Waals surface area contributed by atoms with Crippen molar-refractivity contribution in [1.82, 2.24) is 5.32 Å². The van der Waals surface area contributed by atoms with Crippen molar-refractivity contribution in [2.45, 2.75) is 13.3 Å². The van der Waals surface area contributed by atoms with Gasteiger partial charge in [-0.2, -0.15) is 0 Å². The van der Waals surface area contributed by atoms with Crippen molar-refractivity contribution in [1.29, 1.82) is 0 Å². The maximum Gasteiger partial charge on any atom is 0.221 e. The third kappa shape index (κ3) is 4.06. The summed E-state index contributed by atoms with van der Waals surface area (Å²) in [5, 5.41) is 5.71. The van der Waals surface area contributed by atoms with Gasteiger partial charge in [0, 0.05) is 25.2 Å². The number of hydrogen-bond donors (Lipinski definition) is 2. The first kappa shape index (κ1) is 12.8. The first-order chi connectivity index (χ1) is 7.63. The van der Waals surface area contributed by atoms with Crippen molar-refractivity contribution in [2.75, 3.05) is 18.4 Å². The molecule has 1 amide bonds. The molecule has 0 unspecified atom stereocenters. The predicted molar refractivity (Wildman–Crippen MR) is 63.2 cm³/mol. The Morgan fingerprint density at radius 1 is 1.50 bits per heavy atom. The predicted octanol–water partition coefficient (Wildman–Crippen LogP) is 2.42. The molecule has 0 fully saturated rings. The summed E-state index contributed by atoms with van der Waals surface area (Å²) in [6.07, 6.45) is 0.359. The molecule has 0 heterocycles. The number of carbonyl (C=O) groups is 1. The van der Waals surface area contributed by atoms with Crippen LogP contribution in [0.3, 0.4) is 0 Å². The third-order valence-electron chi connectivity index (χ3n) is 1.97. The summed E-state index contributed by atoms with van der Waals surface area (Å²) in [4.78, 5) is 11.1. The molecule has 0 aliphatic rings. The molecular weight excluding hydrogens is 231 g/mol. The van der Waals surface area contributed by atoms with E-state index in [9.17, 15) is 9.18 Å². The van der Waals surface area contributed by atoms with Crippen molar-refractivity contribution in [3.8, 4) is 0 Å². The van der Waals surface area contributed by atoms with Crippen LogP contribution in [0.1, 0.15) is 13.3 Å². The second-order valence-corrected chi connectivity index (χ2v) is 3.67. The van der Waals surface area contributed by atoms with Gasteiger partial charge in [-0.15, -0.1) is 0 Å². The maximum absolute atomic E-state index is 13.0. The smallest absolute Gasteiger partial charge is 0.221 e. The highest BCUT2D eigenvalue weighted by Gasteiger charge is 2.02. The summed E-state index contributed by atoms with van der Waals surface area (Å²) in [5.41, 5.74) is 0.617. The third-order valence-corrected chi connectivity index (χ3v) is 2.28. The molecular formula is C11H14ClFN2O. The second-order valence-electron chi connectivity index (χ2n) is 3.26. The van der Waals surface area contributed by atoms with Gasteiger partial charge in [-0.25, -0.2) is 4.39 Å². The Hall–Kier alpha value is -1.29. The zero-order valence-corrected chi connectivity index (χ0v) is 9.77. The fraction of sp³-hybridized carbons (Fsp3) is 0.364. The maximum atomic E-state index is 13.0. The number of halogens is 2. The summed E-state index contributed by atoms with van der Waals surface area (Å²) in [5.74, 6) is -0.492. The first-order valence-corrected chi connectivity index (χ1v) is 5.47. The van der Waals surface area contributed by atoms with Crippen LogP contribution in [0.2, 0.25) is 5.02 Å². The van der Waals surface area contributed by atoms with E-state index in [4.69, 9.17) is 11.6 Å². The van der Waals surface area contributed by atoms with Crippen LogP contribution in [0.5, 0.6) is 0 Å². The van der Waals surface area contributed by atoms with E-state index in [-0.39, 0.29) is 10.9 Å². The molecule has 1 rings (SSSR count). The molecule has 1 aromatic rings. The van der Waals surface area contributed by atoms with Crippen molar-refractivity contribution in [2.24, 2.45) is 0 Å². The number of rotatable bonds is 5. The van der Waals surface area contributed by atoms with E-state index in [0.717, 1.165) is 0 Å². The Morgan fingerprint density at radius 2 is 2.25 bits per heavy atom. The molecule has 0 aliphatic carbocycles. The van der Waals surface area contributed by atoms with Crippen molar-refractivity contribution >= 4 is 23.2 Å². The Labute approximate surface area is 99.0 Å². The molecule has 0 spiro atoms. The van der Waals surface area contributed by atoms with Crippen molar-refractivity contribution in [3.05, 3.63) is 29.0 Å². The molecule has 88 valence electrons. The highest BCUT2D eigenvalue weighted by molar-refractivity contribution is 6.30. The Morgan fingerprint density at radius 3 is 2.88 bits per heavy atom. The molecule has 0 saturated heterocycles. The van der Waals surface area contributed by atoms with Gasteiger partial charge >= 0.3 is 0 Å². The molecule has 0 radical (unpaired) electrons. The minimum atomic E-state index is -0.468. The van der Waals surface area contributed by atoms with Crippen LogP contribution in [0.25, 0.3) is 0 Å². The Balaban J connectivity index is 2.37. The summed E-state index contributed by atoms with van der Waals surface area (Å²) < 4.78 is 13.0.